The predicted octanol–water partition coefficient (Wildman–Crippen LogP) is 2.24. The van der Waals surface area contributed by atoms with E-state index in [1.807, 2.05) is 5.32 Å². The lowest BCUT2D eigenvalue weighted by atomic mass is 10.2. The zero-order valence-electron chi connectivity index (χ0n) is 14.4. The molecule has 1 rings (SSSR count). The van der Waals surface area contributed by atoms with Crippen LogP contribution < -0.4 is 16.8 Å². The van der Waals surface area contributed by atoms with Crippen molar-refractivity contribution in [2.45, 2.75) is 43.9 Å². The first kappa shape index (κ1) is 22.4. The van der Waals surface area contributed by atoms with E-state index in [4.69, 9.17) is 26.5 Å². The van der Waals surface area contributed by atoms with Crippen molar-refractivity contribution in [3.05, 3.63) is 42.7 Å². The molecule has 9 heteroatoms. The summed E-state index contributed by atoms with van der Waals surface area (Å²) in [7, 11) is -3.64. The second kappa shape index (κ2) is 12.8. The van der Waals surface area contributed by atoms with E-state index in [1.54, 1.807) is 24.3 Å². The highest BCUT2D eigenvalue weighted by atomic mass is 32.2. The summed E-state index contributed by atoms with van der Waals surface area (Å²) in [5.41, 5.74) is 9.49. The van der Waals surface area contributed by atoms with Crippen LogP contribution in [0.15, 0.2) is 47.6 Å². The first-order valence-corrected chi connectivity index (χ1v) is 9.28. The fourth-order valence-electron chi connectivity index (χ4n) is 1.66. The molecule has 0 spiro atoms. The lowest BCUT2D eigenvalue weighted by Gasteiger charge is -2.02. The smallest absolute Gasteiger partial charge is 0.338 e. The Morgan fingerprint density at radius 2 is 1.72 bits per heavy atom. The molecule has 0 unspecified atom stereocenters. The standard InChI is InChI=1S/C14H20O3S.C2H7N5/c1-2-3-4-5-6-10-13-17-18(15,16)14-11-8-7-9-12-14;3-1(4)7-2(5)6/h7-13H,2-6H2,1H3;(H7,3,4,5,6,7). The molecular formula is C16H27N5O3S. The van der Waals surface area contributed by atoms with Crippen LogP contribution in [0, 0.1) is 10.8 Å². The molecule has 140 valence electrons. The number of benzene rings is 1. The zero-order valence-corrected chi connectivity index (χ0v) is 15.2. The lowest BCUT2D eigenvalue weighted by molar-refractivity contribution is 0.441. The van der Waals surface area contributed by atoms with E-state index in [1.165, 1.54) is 37.7 Å². The monoisotopic (exact) mass is 369 g/mol. The molecule has 0 aliphatic rings. The van der Waals surface area contributed by atoms with Crippen molar-refractivity contribution < 1.29 is 12.6 Å². The first-order chi connectivity index (χ1) is 11.8. The van der Waals surface area contributed by atoms with Gasteiger partial charge in [0, 0.05) is 0 Å². The highest BCUT2D eigenvalue weighted by molar-refractivity contribution is 7.86. The van der Waals surface area contributed by atoms with Crippen molar-refractivity contribution in [1.82, 2.24) is 5.32 Å². The Hall–Kier alpha value is -2.55. The third kappa shape index (κ3) is 12.5. The Labute approximate surface area is 149 Å². The molecule has 0 radical (unpaired) electrons. The number of guanidine groups is 2. The molecule has 1 aromatic rings. The Bertz CT molecular complexity index is 633. The van der Waals surface area contributed by atoms with E-state index in [0.717, 1.165) is 12.8 Å². The van der Waals surface area contributed by atoms with Crippen LogP contribution in [0.1, 0.15) is 39.0 Å². The van der Waals surface area contributed by atoms with Gasteiger partial charge in [-0.05, 0) is 31.1 Å². The number of hydrogen-bond acceptors (Lipinski definition) is 5. The van der Waals surface area contributed by atoms with Gasteiger partial charge in [-0.15, -0.1) is 0 Å². The number of allylic oxidation sites excluding steroid dienone is 1. The highest BCUT2D eigenvalue weighted by Gasteiger charge is 2.12. The minimum absolute atomic E-state index is 0.181. The number of rotatable bonds is 8. The predicted molar refractivity (Wildman–Crippen MR) is 99.6 cm³/mol. The number of nitrogens with one attached hydrogen (secondary N) is 3. The largest absolute Gasteiger partial charge is 0.387 e. The molecule has 0 saturated heterocycles. The van der Waals surface area contributed by atoms with Crippen LogP contribution in [0.25, 0.3) is 0 Å². The van der Waals surface area contributed by atoms with Crippen molar-refractivity contribution >= 4 is 22.0 Å². The van der Waals surface area contributed by atoms with E-state index >= 15 is 0 Å². The SMILES string of the molecule is CCCCCCC=COS(=O)(=O)c1ccccc1.N=C(N)NC(=N)N. The van der Waals surface area contributed by atoms with E-state index in [2.05, 4.69) is 6.92 Å². The van der Waals surface area contributed by atoms with E-state index in [9.17, 15) is 8.42 Å². The van der Waals surface area contributed by atoms with Gasteiger partial charge in [-0.2, -0.15) is 8.42 Å². The van der Waals surface area contributed by atoms with Gasteiger partial charge in [0.2, 0.25) is 0 Å². The molecule has 0 heterocycles. The molecule has 0 aliphatic carbocycles. The van der Waals surface area contributed by atoms with E-state index in [-0.39, 0.29) is 16.8 Å². The van der Waals surface area contributed by atoms with Gasteiger partial charge in [0.05, 0.1) is 0 Å². The second-order valence-corrected chi connectivity index (χ2v) is 6.61. The van der Waals surface area contributed by atoms with Gasteiger partial charge in [0.25, 0.3) is 0 Å². The van der Waals surface area contributed by atoms with Crippen LogP contribution in [0.3, 0.4) is 0 Å². The molecule has 0 fully saturated rings. The number of hydrogen-bond donors (Lipinski definition) is 5. The molecule has 0 aliphatic heterocycles. The van der Waals surface area contributed by atoms with Crippen LogP contribution in [-0.4, -0.2) is 20.3 Å². The maximum atomic E-state index is 11.7. The summed E-state index contributed by atoms with van der Waals surface area (Å²) in [5.74, 6) is -0.625. The fraction of sp³-hybridized carbons (Fsp3) is 0.375. The van der Waals surface area contributed by atoms with Crippen molar-refractivity contribution in [3.8, 4) is 0 Å². The van der Waals surface area contributed by atoms with Crippen molar-refractivity contribution in [3.63, 3.8) is 0 Å². The van der Waals surface area contributed by atoms with Gasteiger partial charge in [0.15, 0.2) is 11.9 Å². The highest BCUT2D eigenvalue weighted by Crippen LogP contribution is 2.12. The summed E-state index contributed by atoms with van der Waals surface area (Å²) in [4.78, 5) is 0.181. The average Bonchev–Trinajstić information content (AvgIpc) is 2.54. The van der Waals surface area contributed by atoms with E-state index < -0.39 is 10.1 Å². The van der Waals surface area contributed by atoms with Crippen LogP contribution in [0.5, 0.6) is 0 Å². The van der Waals surface area contributed by atoms with Crippen LogP contribution in [0.4, 0.5) is 0 Å². The Morgan fingerprint density at radius 3 is 2.20 bits per heavy atom. The molecule has 25 heavy (non-hydrogen) atoms. The molecule has 8 nitrogen and oxygen atoms in total. The summed E-state index contributed by atoms with van der Waals surface area (Å²) < 4.78 is 28.2. The first-order valence-electron chi connectivity index (χ1n) is 7.88. The molecule has 1 aromatic carbocycles. The lowest BCUT2D eigenvalue weighted by Crippen LogP contribution is -2.39. The summed E-state index contributed by atoms with van der Waals surface area (Å²) >= 11 is 0. The van der Waals surface area contributed by atoms with E-state index in [0.29, 0.717) is 0 Å². The summed E-state index contributed by atoms with van der Waals surface area (Å²) in [6.45, 7) is 2.16. The molecule has 0 amide bonds. The van der Waals surface area contributed by atoms with Gasteiger partial charge in [-0.3, -0.25) is 16.1 Å². The molecular weight excluding hydrogens is 342 g/mol. The minimum Gasteiger partial charge on any atom is -0.387 e. The Balaban J connectivity index is 0.000000697. The normalized spacial score (nSPS) is 10.6. The quantitative estimate of drug-likeness (QED) is 0.156. The topological polar surface area (TPSA) is 155 Å². The molecule has 0 aromatic heterocycles. The third-order valence-corrected chi connectivity index (χ3v) is 4.02. The van der Waals surface area contributed by atoms with Gasteiger partial charge < -0.3 is 15.7 Å². The summed E-state index contributed by atoms with van der Waals surface area (Å²) in [6, 6.07) is 8.15. The second-order valence-electron chi connectivity index (χ2n) is 5.04. The van der Waals surface area contributed by atoms with Gasteiger partial charge in [-0.1, -0.05) is 44.4 Å². The van der Waals surface area contributed by atoms with Gasteiger partial charge >= 0.3 is 10.1 Å². The number of nitrogens with two attached hydrogens (primary N) is 2. The summed E-state index contributed by atoms with van der Waals surface area (Å²) in [6.07, 6.45) is 8.54. The van der Waals surface area contributed by atoms with Crippen molar-refractivity contribution in [1.29, 1.82) is 10.8 Å². The molecule has 0 atom stereocenters. The van der Waals surface area contributed by atoms with Crippen LogP contribution in [-0.2, 0) is 14.3 Å². The maximum Gasteiger partial charge on any atom is 0.338 e. The minimum atomic E-state index is -3.64. The van der Waals surface area contributed by atoms with Gasteiger partial charge in [-0.25, -0.2) is 0 Å². The third-order valence-electron chi connectivity index (χ3n) is 2.80. The zero-order chi connectivity index (χ0) is 19.1. The average molecular weight is 369 g/mol. The summed E-state index contributed by atoms with van der Waals surface area (Å²) in [5, 5.41) is 15.0. The fourth-order valence-corrected chi connectivity index (χ4v) is 2.48. The Morgan fingerprint density at radius 1 is 1.12 bits per heavy atom. The van der Waals surface area contributed by atoms with Crippen molar-refractivity contribution in [2.24, 2.45) is 11.5 Å². The Kier molecular flexibility index (Phi) is 11.5. The molecule has 0 bridgehead atoms. The van der Waals surface area contributed by atoms with Crippen LogP contribution in [0.2, 0.25) is 0 Å². The van der Waals surface area contributed by atoms with Crippen LogP contribution >= 0.6 is 0 Å². The number of unbranched alkanes of at least 4 members (excludes halogenated alkanes) is 4. The molecule has 7 N–H and O–H groups in total. The van der Waals surface area contributed by atoms with Gasteiger partial charge in [0.1, 0.15) is 11.2 Å². The molecule has 0 saturated carbocycles. The maximum absolute atomic E-state index is 11.7. The van der Waals surface area contributed by atoms with Crippen molar-refractivity contribution in [2.75, 3.05) is 0 Å².